The predicted molar refractivity (Wildman–Crippen MR) is 74.0 cm³/mol. The van der Waals surface area contributed by atoms with Crippen molar-refractivity contribution in [2.75, 3.05) is 39.4 Å². The van der Waals surface area contributed by atoms with Crippen LogP contribution in [-0.4, -0.2) is 61.4 Å². The van der Waals surface area contributed by atoms with Gasteiger partial charge < -0.3 is 19.6 Å². The molecule has 1 aromatic heterocycles. The highest BCUT2D eigenvalue weighted by atomic mass is 16.5. The number of furan rings is 1. The Morgan fingerprint density at radius 3 is 3.00 bits per heavy atom. The molecule has 1 saturated heterocycles. The van der Waals surface area contributed by atoms with E-state index >= 15 is 0 Å². The van der Waals surface area contributed by atoms with Crippen LogP contribution in [0.5, 0.6) is 0 Å². The Morgan fingerprint density at radius 2 is 2.30 bits per heavy atom. The van der Waals surface area contributed by atoms with Crippen molar-refractivity contribution in [1.82, 2.24) is 10.2 Å². The van der Waals surface area contributed by atoms with Gasteiger partial charge in [0.2, 0.25) is 5.91 Å². The van der Waals surface area contributed by atoms with Gasteiger partial charge in [-0.25, -0.2) is 0 Å². The summed E-state index contributed by atoms with van der Waals surface area (Å²) in [5, 5.41) is 12.5. The van der Waals surface area contributed by atoms with Gasteiger partial charge in [-0.2, -0.15) is 0 Å². The number of rotatable bonds is 6. The summed E-state index contributed by atoms with van der Waals surface area (Å²) in [7, 11) is 0. The molecule has 0 bridgehead atoms. The lowest BCUT2D eigenvalue weighted by atomic mass is 10.3. The van der Waals surface area contributed by atoms with E-state index in [1.54, 1.807) is 24.5 Å². The van der Waals surface area contributed by atoms with E-state index in [0.29, 0.717) is 25.5 Å². The standard InChI is InChI=1S/C14H20N2O4/c17-12(11-16-5-8-19-9-6-16)10-15-14(18)4-3-13-2-1-7-20-13/h1-4,7,12,17H,5-6,8-11H2,(H,15,18)/b4-3+. The average molecular weight is 280 g/mol. The third-order valence-corrected chi connectivity index (χ3v) is 3.03. The topological polar surface area (TPSA) is 74.9 Å². The van der Waals surface area contributed by atoms with Gasteiger partial charge >= 0.3 is 0 Å². The second kappa shape index (κ2) is 7.84. The van der Waals surface area contributed by atoms with Crippen LogP contribution in [0.3, 0.4) is 0 Å². The van der Waals surface area contributed by atoms with E-state index in [-0.39, 0.29) is 12.5 Å². The zero-order valence-corrected chi connectivity index (χ0v) is 11.3. The summed E-state index contributed by atoms with van der Waals surface area (Å²) in [6.45, 7) is 3.83. The van der Waals surface area contributed by atoms with Crippen LogP contribution in [0.15, 0.2) is 28.9 Å². The molecule has 6 nitrogen and oxygen atoms in total. The highest BCUT2D eigenvalue weighted by Gasteiger charge is 2.14. The molecule has 1 unspecified atom stereocenters. The second-order valence-electron chi connectivity index (χ2n) is 4.66. The monoisotopic (exact) mass is 280 g/mol. The Morgan fingerprint density at radius 1 is 1.50 bits per heavy atom. The molecule has 1 atom stereocenters. The summed E-state index contributed by atoms with van der Waals surface area (Å²) in [5.41, 5.74) is 0. The Kier molecular flexibility index (Phi) is 5.79. The molecule has 1 aliphatic heterocycles. The van der Waals surface area contributed by atoms with Crippen molar-refractivity contribution in [1.29, 1.82) is 0 Å². The molecule has 1 aliphatic rings. The minimum absolute atomic E-state index is 0.235. The van der Waals surface area contributed by atoms with Crippen molar-refractivity contribution in [3.8, 4) is 0 Å². The largest absolute Gasteiger partial charge is 0.465 e. The fourth-order valence-corrected chi connectivity index (χ4v) is 1.97. The van der Waals surface area contributed by atoms with Gasteiger partial charge in [0.15, 0.2) is 0 Å². The van der Waals surface area contributed by atoms with Crippen molar-refractivity contribution < 1.29 is 19.1 Å². The minimum atomic E-state index is -0.575. The first kappa shape index (κ1) is 14.8. The van der Waals surface area contributed by atoms with E-state index in [2.05, 4.69) is 10.2 Å². The predicted octanol–water partition coefficient (Wildman–Crippen LogP) is 0.102. The summed E-state index contributed by atoms with van der Waals surface area (Å²) >= 11 is 0. The number of morpholine rings is 1. The van der Waals surface area contributed by atoms with Gasteiger partial charge in [-0.15, -0.1) is 0 Å². The highest BCUT2D eigenvalue weighted by Crippen LogP contribution is 2.02. The number of aliphatic hydroxyl groups is 1. The Hall–Kier alpha value is -1.63. The quantitative estimate of drug-likeness (QED) is 0.723. The lowest BCUT2D eigenvalue weighted by Gasteiger charge is -2.28. The highest BCUT2D eigenvalue weighted by molar-refractivity contribution is 5.91. The Bertz CT molecular complexity index is 424. The molecule has 1 fully saturated rings. The van der Waals surface area contributed by atoms with E-state index in [4.69, 9.17) is 9.15 Å². The molecule has 0 radical (unpaired) electrons. The lowest BCUT2D eigenvalue weighted by molar-refractivity contribution is -0.117. The number of carbonyl (C=O) groups is 1. The van der Waals surface area contributed by atoms with E-state index < -0.39 is 6.10 Å². The number of nitrogens with one attached hydrogen (secondary N) is 1. The summed E-state index contributed by atoms with van der Waals surface area (Å²) in [5.74, 6) is 0.372. The molecule has 1 aromatic rings. The third kappa shape index (κ3) is 5.16. The molecule has 110 valence electrons. The Balaban J connectivity index is 1.64. The van der Waals surface area contributed by atoms with Gasteiger partial charge in [-0.1, -0.05) is 0 Å². The normalized spacial score (nSPS) is 18.2. The number of ether oxygens (including phenoxy) is 1. The summed E-state index contributed by atoms with van der Waals surface area (Å²) in [6.07, 6.45) is 3.95. The second-order valence-corrected chi connectivity index (χ2v) is 4.66. The number of hydrogen-bond donors (Lipinski definition) is 2. The van der Waals surface area contributed by atoms with E-state index in [0.717, 1.165) is 13.1 Å². The first-order valence-corrected chi connectivity index (χ1v) is 6.71. The van der Waals surface area contributed by atoms with Crippen molar-refractivity contribution in [3.05, 3.63) is 30.2 Å². The van der Waals surface area contributed by atoms with E-state index in [1.165, 1.54) is 6.08 Å². The number of carbonyl (C=O) groups excluding carboxylic acids is 1. The summed E-state index contributed by atoms with van der Waals surface area (Å²) < 4.78 is 10.3. The zero-order chi connectivity index (χ0) is 14.2. The first-order chi connectivity index (χ1) is 9.74. The van der Waals surface area contributed by atoms with Crippen molar-refractivity contribution in [2.45, 2.75) is 6.10 Å². The molecule has 2 rings (SSSR count). The number of amides is 1. The van der Waals surface area contributed by atoms with Crippen LogP contribution in [0, 0.1) is 0 Å². The maximum Gasteiger partial charge on any atom is 0.244 e. The third-order valence-electron chi connectivity index (χ3n) is 3.03. The minimum Gasteiger partial charge on any atom is -0.465 e. The summed E-state index contributed by atoms with van der Waals surface area (Å²) in [6, 6.07) is 3.51. The molecule has 6 heteroatoms. The van der Waals surface area contributed by atoms with Crippen LogP contribution in [0.2, 0.25) is 0 Å². The average Bonchev–Trinajstić information content (AvgIpc) is 2.97. The number of hydrogen-bond acceptors (Lipinski definition) is 5. The van der Waals surface area contributed by atoms with Crippen LogP contribution in [0.4, 0.5) is 0 Å². The number of nitrogens with zero attached hydrogens (tertiary/aromatic N) is 1. The maximum atomic E-state index is 11.6. The molecule has 0 spiro atoms. The molecule has 0 aromatic carbocycles. The van der Waals surface area contributed by atoms with Crippen LogP contribution >= 0.6 is 0 Å². The maximum absolute atomic E-state index is 11.6. The molecule has 2 N–H and O–H groups in total. The lowest BCUT2D eigenvalue weighted by Crippen LogP contribution is -2.44. The van der Waals surface area contributed by atoms with Crippen LogP contribution in [-0.2, 0) is 9.53 Å². The Labute approximate surface area is 118 Å². The molecule has 2 heterocycles. The fourth-order valence-electron chi connectivity index (χ4n) is 1.97. The van der Waals surface area contributed by atoms with Crippen LogP contribution < -0.4 is 5.32 Å². The SMILES string of the molecule is O=C(/C=C/c1ccco1)NCC(O)CN1CCOCC1. The van der Waals surface area contributed by atoms with E-state index in [1.807, 2.05) is 0 Å². The van der Waals surface area contributed by atoms with Gasteiger partial charge in [-0.05, 0) is 18.2 Å². The molecular weight excluding hydrogens is 260 g/mol. The van der Waals surface area contributed by atoms with Gasteiger partial charge in [0.05, 0.1) is 25.6 Å². The van der Waals surface area contributed by atoms with E-state index in [9.17, 15) is 9.90 Å². The van der Waals surface area contributed by atoms with Gasteiger partial charge in [0.1, 0.15) is 5.76 Å². The van der Waals surface area contributed by atoms with Crippen molar-refractivity contribution >= 4 is 12.0 Å². The molecular formula is C14H20N2O4. The first-order valence-electron chi connectivity index (χ1n) is 6.71. The van der Waals surface area contributed by atoms with Gasteiger partial charge in [0, 0.05) is 32.3 Å². The number of aliphatic hydroxyl groups excluding tert-OH is 1. The molecule has 1 amide bonds. The number of β-amino-alcohol motifs (C(OH)–C–C–N with tert-alkyl or cyclic N) is 1. The fraction of sp³-hybridized carbons (Fsp3) is 0.500. The van der Waals surface area contributed by atoms with Crippen molar-refractivity contribution in [2.24, 2.45) is 0 Å². The molecule has 20 heavy (non-hydrogen) atoms. The van der Waals surface area contributed by atoms with Gasteiger partial charge in [-0.3, -0.25) is 9.69 Å². The zero-order valence-electron chi connectivity index (χ0n) is 11.3. The smallest absolute Gasteiger partial charge is 0.244 e. The van der Waals surface area contributed by atoms with Crippen LogP contribution in [0.25, 0.3) is 6.08 Å². The van der Waals surface area contributed by atoms with Crippen molar-refractivity contribution in [3.63, 3.8) is 0 Å². The summed E-state index contributed by atoms with van der Waals surface area (Å²) in [4.78, 5) is 13.7. The molecule has 0 saturated carbocycles. The van der Waals surface area contributed by atoms with Gasteiger partial charge in [0.25, 0.3) is 0 Å². The van der Waals surface area contributed by atoms with Crippen LogP contribution in [0.1, 0.15) is 5.76 Å². The molecule has 0 aliphatic carbocycles.